The van der Waals surface area contributed by atoms with Crippen LogP contribution >= 0.6 is 0 Å². The highest BCUT2D eigenvalue weighted by Gasteiger charge is 2.19. The average molecular weight is 317 g/mol. The summed E-state index contributed by atoms with van der Waals surface area (Å²) < 4.78 is 7.34. The number of para-hydroxylation sites is 1. The first kappa shape index (κ1) is 17.0. The number of carbonyl (C=O) groups is 1. The van der Waals surface area contributed by atoms with Gasteiger partial charge >= 0.3 is 0 Å². The lowest BCUT2D eigenvalue weighted by Crippen LogP contribution is -2.31. The molecule has 0 bridgehead atoms. The zero-order valence-electron chi connectivity index (χ0n) is 13.7. The van der Waals surface area contributed by atoms with E-state index in [9.17, 15) is 9.90 Å². The highest BCUT2D eigenvalue weighted by atomic mass is 16.5. The molecule has 1 unspecified atom stereocenters. The monoisotopic (exact) mass is 317 g/mol. The molecule has 1 aromatic carbocycles. The predicted molar refractivity (Wildman–Crippen MR) is 87.9 cm³/mol. The molecule has 124 valence electrons. The average Bonchev–Trinajstić information content (AvgIpc) is 2.95. The van der Waals surface area contributed by atoms with E-state index >= 15 is 0 Å². The van der Waals surface area contributed by atoms with E-state index in [0.717, 1.165) is 5.69 Å². The molecule has 0 aliphatic carbocycles. The molecule has 1 atom stereocenters. The highest BCUT2D eigenvalue weighted by Crippen LogP contribution is 2.20. The van der Waals surface area contributed by atoms with Crippen LogP contribution in [0.25, 0.3) is 5.69 Å². The molecule has 2 aromatic rings. The summed E-state index contributed by atoms with van der Waals surface area (Å²) in [5, 5.41) is 16.3. The number of carbonyl (C=O) groups excluding carboxylic acids is 1. The van der Waals surface area contributed by atoms with Gasteiger partial charge in [-0.25, -0.2) is 4.68 Å². The fraction of sp³-hybridized carbons (Fsp3) is 0.412. The lowest BCUT2D eigenvalue weighted by molar-refractivity contribution is 0.0914. The summed E-state index contributed by atoms with van der Waals surface area (Å²) in [4.78, 5) is 12.3. The number of aromatic nitrogens is 2. The predicted octanol–water partition coefficient (Wildman–Crippen LogP) is 2.02. The summed E-state index contributed by atoms with van der Waals surface area (Å²) in [6, 6.07) is 9.52. The zero-order valence-corrected chi connectivity index (χ0v) is 13.7. The summed E-state index contributed by atoms with van der Waals surface area (Å²) in [5.41, 5.74) is 1.06. The van der Waals surface area contributed by atoms with Gasteiger partial charge in [-0.1, -0.05) is 32.0 Å². The molecule has 0 radical (unpaired) electrons. The number of rotatable bonds is 7. The van der Waals surface area contributed by atoms with Gasteiger partial charge in [0.15, 0.2) is 11.4 Å². The van der Waals surface area contributed by atoms with Gasteiger partial charge in [-0.15, -0.1) is 0 Å². The molecule has 0 aliphatic rings. The van der Waals surface area contributed by atoms with Gasteiger partial charge in [-0.05, 0) is 25.0 Å². The Hall–Kier alpha value is -2.34. The van der Waals surface area contributed by atoms with Crippen molar-refractivity contribution in [3.63, 3.8) is 0 Å². The van der Waals surface area contributed by atoms with Crippen molar-refractivity contribution in [2.45, 2.75) is 26.9 Å². The lowest BCUT2D eigenvalue weighted by Gasteiger charge is -2.09. The lowest BCUT2D eigenvalue weighted by atomic mass is 10.2. The smallest absolute Gasteiger partial charge is 0.275 e. The number of benzene rings is 1. The second-order valence-corrected chi connectivity index (χ2v) is 5.89. The van der Waals surface area contributed by atoms with Crippen molar-refractivity contribution >= 4 is 5.91 Å². The van der Waals surface area contributed by atoms with Crippen LogP contribution in [0.1, 0.15) is 31.3 Å². The van der Waals surface area contributed by atoms with Crippen molar-refractivity contribution in [3.05, 3.63) is 42.2 Å². The first-order valence-electron chi connectivity index (χ1n) is 7.71. The molecule has 2 N–H and O–H groups in total. The second kappa shape index (κ2) is 7.78. The van der Waals surface area contributed by atoms with Gasteiger partial charge in [-0.3, -0.25) is 4.79 Å². The van der Waals surface area contributed by atoms with Crippen molar-refractivity contribution in [3.8, 4) is 11.4 Å². The number of aliphatic hydroxyl groups excluding tert-OH is 1. The molecule has 0 spiro atoms. The Labute approximate surface area is 136 Å². The van der Waals surface area contributed by atoms with Crippen molar-refractivity contribution in [2.24, 2.45) is 5.92 Å². The third-order valence-electron chi connectivity index (χ3n) is 3.05. The van der Waals surface area contributed by atoms with Crippen LogP contribution in [0.5, 0.6) is 5.75 Å². The quantitative estimate of drug-likeness (QED) is 0.819. The van der Waals surface area contributed by atoms with Gasteiger partial charge in [0.2, 0.25) is 0 Å². The largest absolute Gasteiger partial charge is 0.489 e. The molecule has 0 saturated carbocycles. The number of nitrogens with zero attached hydrogens (tertiary/aromatic N) is 2. The van der Waals surface area contributed by atoms with E-state index in [0.29, 0.717) is 18.3 Å². The molecular formula is C17H23N3O3. The summed E-state index contributed by atoms with van der Waals surface area (Å²) in [5.74, 6) is 0.411. The van der Waals surface area contributed by atoms with Gasteiger partial charge in [0.05, 0.1) is 24.6 Å². The number of hydrogen-bond acceptors (Lipinski definition) is 4. The highest BCUT2D eigenvalue weighted by molar-refractivity contribution is 5.95. The van der Waals surface area contributed by atoms with Crippen LogP contribution in [0.15, 0.2) is 36.5 Å². The summed E-state index contributed by atoms with van der Waals surface area (Å²) in [6.07, 6.45) is 1.09. The molecule has 6 nitrogen and oxygen atoms in total. The molecule has 2 rings (SSSR count). The minimum absolute atomic E-state index is 0.167. The Morgan fingerprint density at radius 2 is 2.00 bits per heavy atom. The van der Waals surface area contributed by atoms with Crippen LogP contribution in [0.2, 0.25) is 0 Å². The Kier molecular flexibility index (Phi) is 5.76. The van der Waals surface area contributed by atoms with Crippen LogP contribution in [-0.2, 0) is 0 Å². The van der Waals surface area contributed by atoms with E-state index in [4.69, 9.17) is 4.74 Å². The van der Waals surface area contributed by atoms with E-state index in [2.05, 4.69) is 10.4 Å². The molecule has 0 fully saturated rings. The Balaban J connectivity index is 2.26. The van der Waals surface area contributed by atoms with E-state index in [-0.39, 0.29) is 18.1 Å². The normalized spacial score (nSPS) is 12.2. The maximum atomic E-state index is 12.3. The van der Waals surface area contributed by atoms with Crippen LogP contribution in [0.4, 0.5) is 0 Å². The second-order valence-electron chi connectivity index (χ2n) is 5.89. The summed E-state index contributed by atoms with van der Waals surface area (Å²) in [7, 11) is 0. The topological polar surface area (TPSA) is 76.4 Å². The van der Waals surface area contributed by atoms with Crippen molar-refractivity contribution in [1.82, 2.24) is 15.1 Å². The maximum absolute atomic E-state index is 12.3. The van der Waals surface area contributed by atoms with Gasteiger partial charge < -0.3 is 15.2 Å². The molecule has 0 saturated heterocycles. The van der Waals surface area contributed by atoms with Crippen molar-refractivity contribution < 1.29 is 14.6 Å². The fourth-order valence-electron chi connectivity index (χ4n) is 1.91. The molecule has 0 aliphatic heterocycles. The van der Waals surface area contributed by atoms with Crippen molar-refractivity contribution in [1.29, 1.82) is 0 Å². The molecule has 1 heterocycles. The van der Waals surface area contributed by atoms with Crippen molar-refractivity contribution in [2.75, 3.05) is 13.2 Å². The molecular weight excluding hydrogens is 294 g/mol. The van der Waals surface area contributed by atoms with Gasteiger partial charge in [0.1, 0.15) is 0 Å². The van der Waals surface area contributed by atoms with Crippen LogP contribution in [0, 0.1) is 5.92 Å². The Morgan fingerprint density at radius 1 is 1.30 bits per heavy atom. The van der Waals surface area contributed by atoms with E-state index in [1.54, 1.807) is 17.8 Å². The standard InChI is InChI=1S/C17H23N3O3/c1-12(2)11-23-15-10-20(14-7-5-4-6-8-14)19-16(15)17(22)18-9-13(3)21/h4-8,10,12-13,21H,9,11H2,1-3H3,(H,18,22). The number of hydrogen-bond donors (Lipinski definition) is 2. The molecule has 23 heavy (non-hydrogen) atoms. The zero-order chi connectivity index (χ0) is 16.8. The van der Waals surface area contributed by atoms with Gasteiger partial charge in [0.25, 0.3) is 5.91 Å². The first-order valence-corrected chi connectivity index (χ1v) is 7.71. The third kappa shape index (κ3) is 4.82. The Bertz CT molecular complexity index is 636. The van der Waals surface area contributed by atoms with Crippen LogP contribution in [-0.4, -0.2) is 40.0 Å². The van der Waals surface area contributed by atoms with Gasteiger partial charge in [0, 0.05) is 6.54 Å². The SMILES string of the molecule is CC(C)COc1cn(-c2ccccc2)nc1C(=O)NCC(C)O. The molecule has 1 amide bonds. The Morgan fingerprint density at radius 3 is 2.61 bits per heavy atom. The molecule has 6 heteroatoms. The number of amides is 1. The summed E-state index contributed by atoms with van der Waals surface area (Å²) in [6.45, 7) is 6.35. The third-order valence-corrected chi connectivity index (χ3v) is 3.05. The first-order chi connectivity index (χ1) is 11.0. The van der Waals surface area contributed by atoms with Gasteiger partial charge in [-0.2, -0.15) is 5.10 Å². The minimum atomic E-state index is -0.616. The summed E-state index contributed by atoms with van der Waals surface area (Å²) >= 11 is 0. The number of aliphatic hydroxyl groups is 1. The maximum Gasteiger partial charge on any atom is 0.275 e. The minimum Gasteiger partial charge on any atom is -0.489 e. The van der Waals surface area contributed by atoms with E-state index in [1.807, 2.05) is 44.2 Å². The van der Waals surface area contributed by atoms with Crippen LogP contribution < -0.4 is 10.1 Å². The molecule has 1 aromatic heterocycles. The van der Waals surface area contributed by atoms with E-state index in [1.165, 1.54) is 0 Å². The van der Waals surface area contributed by atoms with E-state index < -0.39 is 6.10 Å². The fourth-order valence-corrected chi connectivity index (χ4v) is 1.91. The van der Waals surface area contributed by atoms with Crippen LogP contribution in [0.3, 0.4) is 0 Å². The number of ether oxygens (including phenoxy) is 1. The number of nitrogens with one attached hydrogen (secondary N) is 1.